The van der Waals surface area contributed by atoms with E-state index in [0.29, 0.717) is 22.0 Å². The Morgan fingerprint density at radius 3 is 2.35 bits per heavy atom. The topological polar surface area (TPSA) is 35.6 Å². The van der Waals surface area contributed by atoms with Crippen molar-refractivity contribution in [3.63, 3.8) is 0 Å². The molecule has 6 heteroatoms. The van der Waals surface area contributed by atoms with Gasteiger partial charge in [-0.3, -0.25) is 4.79 Å². The van der Waals surface area contributed by atoms with E-state index in [1.165, 1.54) is 0 Å². The fraction of sp³-hybridized carbons (Fsp3) is 0.529. The van der Waals surface area contributed by atoms with E-state index in [-0.39, 0.29) is 0 Å². The number of thiocarbonyl (C=S) groups is 1. The van der Waals surface area contributed by atoms with Gasteiger partial charge in [0.1, 0.15) is 0 Å². The summed E-state index contributed by atoms with van der Waals surface area (Å²) in [6, 6.07) is 4.02. The van der Waals surface area contributed by atoms with E-state index in [0.717, 1.165) is 55.8 Å². The Kier molecular flexibility index (Phi) is 4.78. The smallest absolute Gasteiger partial charge is 0.225 e. The van der Waals surface area contributed by atoms with Crippen LogP contribution in [0.1, 0.15) is 24.0 Å². The van der Waals surface area contributed by atoms with Crippen LogP contribution >= 0.6 is 23.8 Å². The van der Waals surface area contributed by atoms with Gasteiger partial charge in [-0.15, -0.1) is 0 Å². The van der Waals surface area contributed by atoms with Crippen molar-refractivity contribution in [3.8, 4) is 0 Å². The van der Waals surface area contributed by atoms with Crippen LogP contribution in [0.15, 0.2) is 12.1 Å². The Morgan fingerprint density at radius 2 is 1.78 bits per heavy atom. The van der Waals surface area contributed by atoms with Crippen molar-refractivity contribution in [2.45, 2.75) is 26.7 Å². The van der Waals surface area contributed by atoms with Gasteiger partial charge >= 0.3 is 0 Å². The van der Waals surface area contributed by atoms with Gasteiger partial charge in [0.15, 0.2) is 5.11 Å². The van der Waals surface area contributed by atoms with Gasteiger partial charge in [-0.1, -0.05) is 17.7 Å². The lowest BCUT2D eigenvalue weighted by Crippen LogP contribution is -2.52. The van der Waals surface area contributed by atoms with Crippen molar-refractivity contribution in [1.29, 1.82) is 0 Å². The number of piperazine rings is 1. The molecule has 0 aromatic heterocycles. The largest absolute Gasteiger partial charge is 0.345 e. The lowest BCUT2D eigenvalue weighted by atomic mass is 10.1. The molecule has 124 valence electrons. The number of hydrogen-bond acceptors (Lipinski definition) is 2. The Balaban J connectivity index is 1.58. The SMILES string of the molecule is Cc1cc(C)c(NC(=S)N2CCN(C(=O)C3CC3)CC2)c(Cl)c1. The third kappa shape index (κ3) is 3.78. The third-order valence-electron chi connectivity index (χ3n) is 4.47. The first-order valence-corrected chi connectivity index (χ1v) is 8.86. The number of halogens is 1. The van der Waals surface area contributed by atoms with Crippen LogP contribution < -0.4 is 5.32 Å². The molecule has 1 saturated heterocycles. The Bertz CT molecular complexity index is 614. The van der Waals surface area contributed by atoms with Gasteiger partial charge in [0, 0.05) is 32.1 Å². The molecule has 0 spiro atoms. The Labute approximate surface area is 147 Å². The second kappa shape index (κ2) is 6.65. The van der Waals surface area contributed by atoms with Crippen LogP contribution in [0.25, 0.3) is 0 Å². The van der Waals surface area contributed by atoms with Crippen LogP contribution in [0.4, 0.5) is 5.69 Å². The average Bonchev–Trinajstić information content (AvgIpc) is 3.35. The number of rotatable bonds is 2. The molecule has 1 amide bonds. The van der Waals surface area contributed by atoms with Crippen molar-refractivity contribution in [2.75, 3.05) is 31.5 Å². The summed E-state index contributed by atoms with van der Waals surface area (Å²) in [6.45, 7) is 7.09. The molecule has 1 N–H and O–H groups in total. The number of carbonyl (C=O) groups is 1. The highest BCUT2D eigenvalue weighted by molar-refractivity contribution is 7.80. The monoisotopic (exact) mass is 351 g/mol. The molecule has 2 fully saturated rings. The summed E-state index contributed by atoms with van der Waals surface area (Å²) in [5, 5.41) is 4.64. The molecule has 0 atom stereocenters. The van der Waals surface area contributed by atoms with E-state index >= 15 is 0 Å². The molecule has 4 nitrogen and oxygen atoms in total. The van der Waals surface area contributed by atoms with Crippen LogP contribution in [0.5, 0.6) is 0 Å². The highest BCUT2D eigenvalue weighted by Gasteiger charge is 2.34. The van der Waals surface area contributed by atoms with E-state index in [4.69, 9.17) is 23.8 Å². The maximum Gasteiger partial charge on any atom is 0.225 e. The van der Waals surface area contributed by atoms with Gasteiger partial charge in [0.2, 0.25) is 5.91 Å². The lowest BCUT2D eigenvalue weighted by Gasteiger charge is -2.36. The lowest BCUT2D eigenvalue weighted by molar-refractivity contribution is -0.133. The van der Waals surface area contributed by atoms with Gasteiger partial charge in [0.05, 0.1) is 10.7 Å². The van der Waals surface area contributed by atoms with Crippen molar-refractivity contribution >= 4 is 40.5 Å². The molecular weight excluding hydrogens is 330 g/mol. The number of carbonyl (C=O) groups excluding carboxylic acids is 1. The fourth-order valence-electron chi connectivity index (χ4n) is 2.98. The predicted molar refractivity (Wildman–Crippen MR) is 98.0 cm³/mol. The molecule has 0 bridgehead atoms. The molecule has 23 heavy (non-hydrogen) atoms. The van der Waals surface area contributed by atoms with Crippen LogP contribution in [0, 0.1) is 19.8 Å². The highest BCUT2D eigenvalue weighted by atomic mass is 35.5. The number of nitrogens with zero attached hydrogens (tertiary/aromatic N) is 2. The Hall–Kier alpha value is -1.33. The zero-order valence-electron chi connectivity index (χ0n) is 13.6. The molecule has 0 radical (unpaired) electrons. The molecule has 2 aliphatic rings. The van der Waals surface area contributed by atoms with Gasteiger partial charge < -0.3 is 15.1 Å². The molecule has 1 aromatic carbocycles. The first-order valence-electron chi connectivity index (χ1n) is 8.07. The maximum atomic E-state index is 12.1. The van der Waals surface area contributed by atoms with Crippen LogP contribution in [0.3, 0.4) is 0 Å². The summed E-state index contributed by atoms with van der Waals surface area (Å²) in [7, 11) is 0. The first-order chi connectivity index (χ1) is 11.0. The van der Waals surface area contributed by atoms with Gasteiger partial charge in [0.25, 0.3) is 0 Å². The minimum absolute atomic E-state index is 0.292. The third-order valence-corrected chi connectivity index (χ3v) is 5.13. The summed E-state index contributed by atoms with van der Waals surface area (Å²) in [6.07, 6.45) is 2.12. The quantitative estimate of drug-likeness (QED) is 0.830. The summed E-state index contributed by atoms with van der Waals surface area (Å²) < 4.78 is 0. The number of anilines is 1. The fourth-order valence-corrected chi connectivity index (χ4v) is 3.63. The van der Waals surface area contributed by atoms with E-state index in [2.05, 4.69) is 16.3 Å². The zero-order valence-corrected chi connectivity index (χ0v) is 15.1. The molecule has 0 unspecified atom stereocenters. The second-order valence-electron chi connectivity index (χ2n) is 6.46. The van der Waals surface area contributed by atoms with Crippen LogP contribution in [-0.4, -0.2) is 47.0 Å². The highest BCUT2D eigenvalue weighted by Crippen LogP contribution is 2.31. The summed E-state index contributed by atoms with van der Waals surface area (Å²) in [5.41, 5.74) is 3.09. The number of nitrogens with one attached hydrogen (secondary N) is 1. The zero-order chi connectivity index (χ0) is 16.6. The molecule has 1 aliphatic carbocycles. The van der Waals surface area contributed by atoms with Crippen LogP contribution in [0.2, 0.25) is 5.02 Å². The number of aryl methyl sites for hydroxylation is 2. The molecular formula is C17H22ClN3OS. The normalized spacial score (nSPS) is 18.0. The van der Waals surface area contributed by atoms with Crippen molar-refractivity contribution in [3.05, 3.63) is 28.3 Å². The maximum absolute atomic E-state index is 12.1. The number of benzene rings is 1. The van der Waals surface area contributed by atoms with E-state index < -0.39 is 0 Å². The molecule has 1 aromatic rings. The first kappa shape index (κ1) is 16.5. The summed E-state index contributed by atoms with van der Waals surface area (Å²) in [5.74, 6) is 0.613. The van der Waals surface area contributed by atoms with Crippen molar-refractivity contribution in [1.82, 2.24) is 9.80 Å². The predicted octanol–water partition coefficient (Wildman–Crippen LogP) is 3.21. The minimum atomic E-state index is 0.292. The summed E-state index contributed by atoms with van der Waals surface area (Å²) >= 11 is 11.9. The number of amides is 1. The standard InChI is InChI=1S/C17H22ClN3OS/c1-11-9-12(2)15(14(18)10-11)19-17(23)21-7-5-20(6-8-21)16(22)13-3-4-13/h9-10,13H,3-8H2,1-2H3,(H,19,23). The summed E-state index contributed by atoms with van der Waals surface area (Å²) in [4.78, 5) is 16.2. The van der Waals surface area contributed by atoms with E-state index in [1.807, 2.05) is 24.8 Å². The molecule has 1 aliphatic heterocycles. The van der Waals surface area contributed by atoms with Gasteiger partial charge in [-0.2, -0.15) is 0 Å². The molecule has 1 saturated carbocycles. The van der Waals surface area contributed by atoms with E-state index in [9.17, 15) is 4.79 Å². The Morgan fingerprint density at radius 1 is 1.17 bits per heavy atom. The second-order valence-corrected chi connectivity index (χ2v) is 7.25. The minimum Gasteiger partial charge on any atom is -0.345 e. The van der Waals surface area contributed by atoms with Crippen LogP contribution in [-0.2, 0) is 4.79 Å². The van der Waals surface area contributed by atoms with Gasteiger partial charge in [-0.25, -0.2) is 0 Å². The van der Waals surface area contributed by atoms with Crippen molar-refractivity contribution < 1.29 is 4.79 Å². The molecule has 1 heterocycles. The van der Waals surface area contributed by atoms with E-state index in [1.54, 1.807) is 0 Å². The van der Waals surface area contributed by atoms with Gasteiger partial charge in [-0.05, 0) is 56.1 Å². The average molecular weight is 352 g/mol. The molecule has 3 rings (SSSR count). The van der Waals surface area contributed by atoms with Crippen molar-refractivity contribution in [2.24, 2.45) is 5.92 Å². The number of hydrogen-bond donors (Lipinski definition) is 1.